The molecule has 0 aromatic rings. The molecule has 0 radical (unpaired) electrons. The van der Waals surface area contributed by atoms with Crippen LogP contribution in [0.1, 0.15) is 19.8 Å². The number of nitrogens with one attached hydrogen (secondary N) is 1. The van der Waals surface area contributed by atoms with Gasteiger partial charge in [-0.15, -0.1) is 0 Å². The van der Waals surface area contributed by atoms with Crippen LogP contribution < -0.4 is 5.32 Å². The zero-order valence-electron chi connectivity index (χ0n) is 9.92. The van der Waals surface area contributed by atoms with Crippen molar-refractivity contribution < 1.29 is 0 Å². The minimum Gasteiger partial charge on any atom is -0.318 e. The van der Waals surface area contributed by atoms with E-state index in [1.807, 2.05) is 7.05 Å². The maximum Gasteiger partial charge on any atom is 0.0116 e. The van der Waals surface area contributed by atoms with Gasteiger partial charge in [0.05, 0.1) is 0 Å². The second-order valence-corrected chi connectivity index (χ2v) is 4.25. The van der Waals surface area contributed by atoms with E-state index in [2.05, 4.69) is 29.1 Å². The minimum absolute atomic E-state index is 0.825. The minimum atomic E-state index is 0.825. The molecule has 0 spiro atoms. The monoisotopic (exact) mass is 199 g/mol. The summed E-state index contributed by atoms with van der Waals surface area (Å²) in [7, 11) is 4.27. The van der Waals surface area contributed by atoms with E-state index in [0.717, 1.165) is 12.6 Å². The second kappa shape index (κ2) is 6.38. The third-order valence-electron chi connectivity index (χ3n) is 3.36. The fourth-order valence-corrected chi connectivity index (χ4v) is 2.11. The molecule has 3 nitrogen and oxygen atoms in total. The summed E-state index contributed by atoms with van der Waals surface area (Å²) in [5, 5.41) is 3.21. The van der Waals surface area contributed by atoms with Crippen LogP contribution in [0.2, 0.25) is 0 Å². The zero-order chi connectivity index (χ0) is 10.4. The van der Waals surface area contributed by atoms with Crippen molar-refractivity contribution in [2.75, 3.05) is 46.8 Å². The van der Waals surface area contributed by atoms with E-state index in [0.29, 0.717) is 0 Å². The summed E-state index contributed by atoms with van der Waals surface area (Å²) in [5.41, 5.74) is 0. The molecule has 1 saturated heterocycles. The molecule has 1 heterocycles. The number of nitrogens with zero attached hydrogens (tertiary/aromatic N) is 2. The van der Waals surface area contributed by atoms with Crippen LogP contribution in [0, 0.1) is 0 Å². The van der Waals surface area contributed by atoms with E-state index in [1.54, 1.807) is 0 Å². The Labute approximate surface area is 88.5 Å². The Hall–Kier alpha value is -0.120. The highest BCUT2D eigenvalue weighted by Crippen LogP contribution is 2.14. The third kappa shape index (κ3) is 3.56. The number of hydrogen-bond donors (Lipinski definition) is 1. The summed E-state index contributed by atoms with van der Waals surface area (Å²) in [4.78, 5) is 5.05. The fraction of sp³-hybridized carbons (Fsp3) is 1.00. The molecule has 0 amide bonds. The van der Waals surface area contributed by atoms with Crippen LogP contribution in [-0.2, 0) is 0 Å². The summed E-state index contributed by atoms with van der Waals surface area (Å²) >= 11 is 0. The van der Waals surface area contributed by atoms with E-state index >= 15 is 0 Å². The fourth-order valence-electron chi connectivity index (χ4n) is 2.11. The number of rotatable bonds is 5. The van der Waals surface area contributed by atoms with Crippen molar-refractivity contribution in [3.8, 4) is 0 Å². The van der Waals surface area contributed by atoms with E-state index in [1.165, 1.54) is 39.0 Å². The normalized spacial score (nSPS) is 20.6. The molecule has 0 unspecified atom stereocenters. The van der Waals surface area contributed by atoms with Crippen LogP contribution in [-0.4, -0.2) is 62.7 Å². The van der Waals surface area contributed by atoms with Gasteiger partial charge in [0.2, 0.25) is 0 Å². The van der Waals surface area contributed by atoms with Gasteiger partial charge in [0.15, 0.2) is 0 Å². The van der Waals surface area contributed by atoms with Crippen LogP contribution in [0.3, 0.4) is 0 Å². The SMILES string of the molecule is CCN(C)C1CCN(CCNC)CC1. The van der Waals surface area contributed by atoms with Gasteiger partial charge in [-0.2, -0.15) is 0 Å². The van der Waals surface area contributed by atoms with Crippen molar-refractivity contribution in [1.29, 1.82) is 0 Å². The Balaban J connectivity index is 2.17. The average molecular weight is 199 g/mol. The van der Waals surface area contributed by atoms with Crippen molar-refractivity contribution >= 4 is 0 Å². The lowest BCUT2D eigenvalue weighted by molar-refractivity contribution is 0.133. The quantitative estimate of drug-likeness (QED) is 0.700. The maximum atomic E-state index is 3.21. The zero-order valence-corrected chi connectivity index (χ0v) is 9.92. The van der Waals surface area contributed by atoms with Gasteiger partial charge < -0.3 is 15.1 Å². The molecular weight excluding hydrogens is 174 g/mol. The van der Waals surface area contributed by atoms with Gasteiger partial charge in [-0.05, 0) is 46.6 Å². The molecule has 1 fully saturated rings. The van der Waals surface area contributed by atoms with Gasteiger partial charge in [0.25, 0.3) is 0 Å². The first-order chi connectivity index (χ1) is 6.77. The number of likely N-dealkylation sites (tertiary alicyclic amines) is 1. The van der Waals surface area contributed by atoms with E-state index in [4.69, 9.17) is 0 Å². The molecule has 0 saturated carbocycles. The molecule has 0 aromatic heterocycles. The smallest absolute Gasteiger partial charge is 0.0116 e. The third-order valence-corrected chi connectivity index (χ3v) is 3.36. The second-order valence-electron chi connectivity index (χ2n) is 4.25. The Morgan fingerprint density at radius 2 is 2.00 bits per heavy atom. The summed E-state index contributed by atoms with van der Waals surface area (Å²) in [5.74, 6) is 0. The largest absolute Gasteiger partial charge is 0.318 e. The highest BCUT2D eigenvalue weighted by atomic mass is 15.2. The van der Waals surface area contributed by atoms with Crippen LogP contribution in [0.5, 0.6) is 0 Å². The van der Waals surface area contributed by atoms with Crippen molar-refractivity contribution in [2.24, 2.45) is 0 Å². The summed E-state index contributed by atoms with van der Waals surface area (Å²) in [6.45, 7) is 8.30. The molecular formula is C11H25N3. The van der Waals surface area contributed by atoms with Gasteiger partial charge in [-0.25, -0.2) is 0 Å². The molecule has 84 valence electrons. The van der Waals surface area contributed by atoms with Crippen molar-refractivity contribution in [1.82, 2.24) is 15.1 Å². The molecule has 1 rings (SSSR count). The predicted octanol–water partition coefficient (Wildman–Crippen LogP) is 0.622. The Bertz CT molecular complexity index is 141. The number of piperidine rings is 1. The molecule has 1 aliphatic rings. The first-order valence-corrected chi connectivity index (χ1v) is 5.85. The standard InChI is InChI=1S/C11H25N3/c1-4-13(3)11-5-8-14(9-6-11)10-7-12-2/h11-12H,4-10H2,1-3H3. The van der Waals surface area contributed by atoms with E-state index in [9.17, 15) is 0 Å². The Kier molecular flexibility index (Phi) is 5.45. The van der Waals surface area contributed by atoms with Crippen LogP contribution in [0.25, 0.3) is 0 Å². The molecule has 0 aliphatic carbocycles. The molecule has 14 heavy (non-hydrogen) atoms. The highest BCUT2D eigenvalue weighted by Gasteiger charge is 2.20. The number of hydrogen-bond acceptors (Lipinski definition) is 3. The topological polar surface area (TPSA) is 18.5 Å². The van der Waals surface area contributed by atoms with Crippen LogP contribution >= 0.6 is 0 Å². The average Bonchev–Trinajstić information content (AvgIpc) is 2.26. The Morgan fingerprint density at radius 3 is 2.50 bits per heavy atom. The van der Waals surface area contributed by atoms with Gasteiger partial charge in [0, 0.05) is 19.1 Å². The van der Waals surface area contributed by atoms with Crippen molar-refractivity contribution in [3.05, 3.63) is 0 Å². The summed E-state index contributed by atoms with van der Waals surface area (Å²) < 4.78 is 0. The molecule has 1 aliphatic heterocycles. The molecule has 0 atom stereocenters. The van der Waals surface area contributed by atoms with Crippen LogP contribution in [0.15, 0.2) is 0 Å². The van der Waals surface area contributed by atoms with Crippen molar-refractivity contribution in [2.45, 2.75) is 25.8 Å². The molecule has 0 bridgehead atoms. The van der Waals surface area contributed by atoms with Crippen LogP contribution in [0.4, 0.5) is 0 Å². The van der Waals surface area contributed by atoms with Gasteiger partial charge >= 0.3 is 0 Å². The summed E-state index contributed by atoms with van der Waals surface area (Å²) in [6, 6.07) is 0.825. The van der Waals surface area contributed by atoms with Crippen molar-refractivity contribution in [3.63, 3.8) is 0 Å². The number of likely N-dealkylation sites (N-methyl/N-ethyl adjacent to an activating group) is 1. The summed E-state index contributed by atoms with van der Waals surface area (Å²) in [6.07, 6.45) is 2.68. The van der Waals surface area contributed by atoms with Gasteiger partial charge in [-0.3, -0.25) is 0 Å². The van der Waals surface area contributed by atoms with Gasteiger partial charge in [0.1, 0.15) is 0 Å². The maximum absolute atomic E-state index is 3.21. The lowest BCUT2D eigenvalue weighted by atomic mass is 10.0. The molecule has 0 aromatic carbocycles. The lowest BCUT2D eigenvalue weighted by Gasteiger charge is -2.36. The first-order valence-electron chi connectivity index (χ1n) is 5.85. The highest BCUT2D eigenvalue weighted by molar-refractivity contribution is 4.77. The first kappa shape index (κ1) is 12.0. The van der Waals surface area contributed by atoms with Gasteiger partial charge in [-0.1, -0.05) is 6.92 Å². The lowest BCUT2D eigenvalue weighted by Crippen LogP contribution is -2.44. The molecule has 3 heteroatoms. The molecule has 1 N–H and O–H groups in total. The van der Waals surface area contributed by atoms with E-state index in [-0.39, 0.29) is 0 Å². The predicted molar refractivity (Wildman–Crippen MR) is 61.7 cm³/mol. The van der Waals surface area contributed by atoms with E-state index < -0.39 is 0 Å². The Morgan fingerprint density at radius 1 is 1.36 bits per heavy atom.